The fourth-order valence-electron chi connectivity index (χ4n) is 2.74. The van der Waals surface area contributed by atoms with E-state index in [1.54, 1.807) is 11.3 Å². The first-order valence-corrected chi connectivity index (χ1v) is 7.54. The largest absolute Gasteiger partial charge is 0.310 e. The SMILES string of the molecule is Clc1cc2c(s1)CCCC2NCC1CCC1. The van der Waals surface area contributed by atoms with Crippen LogP contribution in [-0.4, -0.2) is 6.54 Å². The Morgan fingerprint density at radius 3 is 2.94 bits per heavy atom. The van der Waals surface area contributed by atoms with Crippen LogP contribution in [0.3, 0.4) is 0 Å². The van der Waals surface area contributed by atoms with E-state index in [1.165, 1.54) is 55.5 Å². The van der Waals surface area contributed by atoms with E-state index < -0.39 is 0 Å². The molecule has 0 radical (unpaired) electrons. The topological polar surface area (TPSA) is 12.0 Å². The molecule has 1 N–H and O–H groups in total. The van der Waals surface area contributed by atoms with Gasteiger partial charge in [0.15, 0.2) is 0 Å². The lowest BCUT2D eigenvalue weighted by atomic mass is 9.84. The first-order valence-electron chi connectivity index (χ1n) is 6.34. The van der Waals surface area contributed by atoms with Crippen molar-refractivity contribution in [3.8, 4) is 0 Å². The first kappa shape index (κ1) is 11.1. The van der Waals surface area contributed by atoms with Gasteiger partial charge >= 0.3 is 0 Å². The minimum absolute atomic E-state index is 0.577. The van der Waals surface area contributed by atoms with Crippen molar-refractivity contribution in [2.75, 3.05) is 6.54 Å². The molecule has 3 heteroatoms. The monoisotopic (exact) mass is 255 g/mol. The summed E-state index contributed by atoms with van der Waals surface area (Å²) in [5, 5.41) is 3.74. The molecule has 3 rings (SSSR count). The van der Waals surface area contributed by atoms with Crippen molar-refractivity contribution in [1.29, 1.82) is 0 Å². The lowest BCUT2D eigenvalue weighted by molar-refractivity contribution is 0.283. The highest BCUT2D eigenvalue weighted by molar-refractivity contribution is 7.16. The highest BCUT2D eigenvalue weighted by atomic mass is 35.5. The van der Waals surface area contributed by atoms with Gasteiger partial charge in [0.2, 0.25) is 0 Å². The zero-order chi connectivity index (χ0) is 11.0. The Balaban J connectivity index is 1.66. The highest BCUT2D eigenvalue weighted by Gasteiger charge is 2.24. The van der Waals surface area contributed by atoms with Gasteiger partial charge in [0.1, 0.15) is 0 Å². The van der Waals surface area contributed by atoms with Crippen LogP contribution < -0.4 is 5.32 Å². The van der Waals surface area contributed by atoms with Crippen LogP contribution in [0.15, 0.2) is 6.07 Å². The average Bonchev–Trinajstić information content (AvgIpc) is 2.56. The van der Waals surface area contributed by atoms with Crippen molar-refractivity contribution in [2.45, 2.75) is 44.6 Å². The van der Waals surface area contributed by atoms with Gasteiger partial charge in [0, 0.05) is 10.9 Å². The second kappa shape index (κ2) is 4.67. The number of fused-ring (bicyclic) bond motifs is 1. The second-order valence-corrected chi connectivity index (χ2v) is 6.85. The Kier molecular flexibility index (Phi) is 3.23. The van der Waals surface area contributed by atoms with Gasteiger partial charge in [-0.3, -0.25) is 0 Å². The number of hydrogen-bond donors (Lipinski definition) is 1. The third-order valence-electron chi connectivity index (χ3n) is 3.96. The van der Waals surface area contributed by atoms with Gasteiger partial charge in [0.05, 0.1) is 4.34 Å². The van der Waals surface area contributed by atoms with Crippen molar-refractivity contribution in [3.63, 3.8) is 0 Å². The van der Waals surface area contributed by atoms with Crippen molar-refractivity contribution >= 4 is 22.9 Å². The molecule has 1 nitrogen and oxygen atoms in total. The molecule has 1 saturated carbocycles. The Morgan fingerprint density at radius 1 is 1.31 bits per heavy atom. The molecular weight excluding hydrogens is 238 g/mol. The summed E-state index contributed by atoms with van der Waals surface area (Å²) < 4.78 is 0.961. The average molecular weight is 256 g/mol. The van der Waals surface area contributed by atoms with Gasteiger partial charge in [-0.1, -0.05) is 18.0 Å². The molecule has 0 amide bonds. The fraction of sp³-hybridized carbons (Fsp3) is 0.692. The van der Waals surface area contributed by atoms with Gasteiger partial charge in [-0.15, -0.1) is 11.3 Å². The Hall–Kier alpha value is -0.0500. The Morgan fingerprint density at radius 2 is 2.19 bits per heavy atom. The van der Waals surface area contributed by atoms with Crippen molar-refractivity contribution in [1.82, 2.24) is 5.32 Å². The van der Waals surface area contributed by atoms with E-state index in [-0.39, 0.29) is 0 Å². The molecule has 1 fully saturated rings. The number of thiophene rings is 1. The molecule has 2 aliphatic carbocycles. The summed E-state index contributed by atoms with van der Waals surface area (Å²) in [6.45, 7) is 1.21. The standard InChI is InChI=1S/C13H18ClNS/c14-13-7-10-11(5-2-6-12(10)16-13)15-8-9-3-1-4-9/h7,9,11,15H,1-6,8H2. The van der Waals surface area contributed by atoms with Crippen molar-refractivity contribution in [3.05, 3.63) is 20.8 Å². The molecule has 1 unspecified atom stereocenters. The van der Waals surface area contributed by atoms with Crippen LogP contribution in [0.2, 0.25) is 4.34 Å². The van der Waals surface area contributed by atoms with Gasteiger partial charge < -0.3 is 5.32 Å². The third kappa shape index (κ3) is 2.15. The van der Waals surface area contributed by atoms with Gasteiger partial charge in [-0.25, -0.2) is 0 Å². The maximum atomic E-state index is 6.11. The van der Waals surface area contributed by atoms with E-state index in [1.807, 2.05) is 0 Å². The summed E-state index contributed by atoms with van der Waals surface area (Å²) in [5.41, 5.74) is 1.49. The van der Waals surface area contributed by atoms with E-state index in [2.05, 4.69) is 11.4 Å². The molecule has 0 bridgehead atoms. The molecule has 0 aromatic carbocycles. The summed E-state index contributed by atoms with van der Waals surface area (Å²) in [4.78, 5) is 1.52. The summed E-state index contributed by atoms with van der Waals surface area (Å²) in [7, 11) is 0. The smallest absolute Gasteiger partial charge is 0.0934 e. The quantitative estimate of drug-likeness (QED) is 0.855. The van der Waals surface area contributed by atoms with Crippen LogP contribution in [0.25, 0.3) is 0 Å². The van der Waals surface area contributed by atoms with Crippen LogP contribution in [0, 0.1) is 5.92 Å². The molecule has 0 saturated heterocycles. The number of nitrogens with one attached hydrogen (secondary N) is 1. The van der Waals surface area contributed by atoms with Gasteiger partial charge in [-0.05, 0) is 56.2 Å². The summed E-state index contributed by atoms with van der Waals surface area (Å²) in [6, 6.07) is 2.76. The van der Waals surface area contributed by atoms with Gasteiger partial charge in [-0.2, -0.15) is 0 Å². The van der Waals surface area contributed by atoms with E-state index in [9.17, 15) is 0 Å². The lowest BCUT2D eigenvalue weighted by Gasteiger charge is -2.30. The Bertz CT molecular complexity index is 370. The third-order valence-corrected chi connectivity index (χ3v) is 5.30. The zero-order valence-electron chi connectivity index (χ0n) is 9.47. The second-order valence-electron chi connectivity index (χ2n) is 5.08. The summed E-state index contributed by atoms with van der Waals surface area (Å²) in [5.74, 6) is 0.944. The number of rotatable bonds is 3. The highest BCUT2D eigenvalue weighted by Crippen LogP contribution is 2.38. The van der Waals surface area contributed by atoms with Crippen molar-refractivity contribution in [2.24, 2.45) is 5.92 Å². The molecule has 1 aromatic rings. The number of halogens is 1. The molecule has 1 atom stereocenters. The molecular formula is C13H18ClNS. The summed E-state index contributed by atoms with van der Waals surface area (Å²) in [6.07, 6.45) is 8.12. The molecule has 1 aromatic heterocycles. The number of aryl methyl sites for hydroxylation is 1. The van der Waals surface area contributed by atoms with E-state index in [0.717, 1.165) is 10.3 Å². The van der Waals surface area contributed by atoms with Crippen LogP contribution >= 0.6 is 22.9 Å². The van der Waals surface area contributed by atoms with E-state index in [0.29, 0.717) is 6.04 Å². The fourth-order valence-corrected chi connectivity index (χ4v) is 4.12. The van der Waals surface area contributed by atoms with E-state index >= 15 is 0 Å². The lowest BCUT2D eigenvalue weighted by Crippen LogP contribution is -2.31. The van der Waals surface area contributed by atoms with Crippen LogP contribution in [-0.2, 0) is 6.42 Å². The molecule has 0 spiro atoms. The van der Waals surface area contributed by atoms with Crippen molar-refractivity contribution < 1.29 is 0 Å². The molecule has 2 aliphatic rings. The number of hydrogen-bond acceptors (Lipinski definition) is 2. The maximum Gasteiger partial charge on any atom is 0.0934 e. The van der Waals surface area contributed by atoms with Crippen LogP contribution in [0.4, 0.5) is 0 Å². The van der Waals surface area contributed by atoms with Crippen LogP contribution in [0.1, 0.15) is 48.6 Å². The Labute approximate surface area is 106 Å². The maximum absolute atomic E-state index is 6.11. The predicted molar refractivity (Wildman–Crippen MR) is 70.4 cm³/mol. The molecule has 1 heterocycles. The normalized spacial score (nSPS) is 25.2. The van der Waals surface area contributed by atoms with Gasteiger partial charge in [0.25, 0.3) is 0 Å². The molecule has 16 heavy (non-hydrogen) atoms. The molecule has 0 aliphatic heterocycles. The minimum Gasteiger partial charge on any atom is -0.310 e. The zero-order valence-corrected chi connectivity index (χ0v) is 11.0. The first-order chi connectivity index (χ1) is 7.83. The van der Waals surface area contributed by atoms with Crippen LogP contribution in [0.5, 0.6) is 0 Å². The minimum atomic E-state index is 0.577. The predicted octanol–water partition coefficient (Wildman–Crippen LogP) is 4.17. The molecule has 88 valence electrons. The van der Waals surface area contributed by atoms with E-state index in [4.69, 9.17) is 11.6 Å². The summed E-state index contributed by atoms with van der Waals surface area (Å²) >= 11 is 7.88.